The number of nitrogens with zero attached hydrogens (tertiary/aromatic N) is 2. The Morgan fingerprint density at radius 1 is 1.23 bits per heavy atom. The molecule has 0 bridgehead atoms. The van der Waals surface area contributed by atoms with E-state index < -0.39 is 0 Å². The van der Waals surface area contributed by atoms with Crippen molar-refractivity contribution in [3.63, 3.8) is 0 Å². The zero-order chi connectivity index (χ0) is 21.8. The number of hydrogen-bond donors (Lipinski definition) is 1. The van der Waals surface area contributed by atoms with Crippen LogP contribution in [0.2, 0.25) is 0 Å². The third kappa shape index (κ3) is 4.62. The predicted molar refractivity (Wildman–Crippen MR) is 121 cm³/mol. The summed E-state index contributed by atoms with van der Waals surface area (Å²) in [5, 5.41) is 4.12. The molecule has 3 rings (SSSR count). The van der Waals surface area contributed by atoms with Gasteiger partial charge in [0.25, 0.3) is 5.56 Å². The van der Waals surface area contributed by atoms with E-state index in [0.29, 0.717) is 35.0 Å². The normalized spacial score (nSPS) is 11.0. The molecule has 0 spiro atoms. The predicted octanol–water partition coefficient (Wildman–Crippen LogP) is 3.08. The van der Waals surface area contributed by atoms with Crippen molar-refractivity contribution >= 4 is 39.2 Å². The standard InChI is InChI=1S/C21H25N3O4S2/c1-12-13(2)30-19-18(12)20(26)24(3)21(23-19)29-11-17(25)22-9-8-14-6-7-15(27-4)16(10-14)28-5/h6-7,10H,8-9,11H2,1-5H3,(H,22,25). The highest BCUT2D eigenvalue weighted by molar-refractivity contribution is 7.99. The molecule has 0 aliphatic heterocycles. The average molecular weight is 448 g/mol. The summed E-state index contributed by atoms with van der Waals surface area (Å²) in [7, 11) is 4.88. The van der Waals surface area contributed by atoms with E-state index in [2.05, 4.69) is 10.3 Å². The Balaban J connectivity index is 1.58. The zero-order valence-electron chi connectivity index (χ0n) is 17.7. The summed E-state index contributed by atoms with van der Waals surface area (Å²) in [6, 6.07) is 5.70. The lowest BCUT2D eigenvalue weighted by atomic mass is 10.1. The fraction of sp³-hybridized carbons (Fsp3) is 0.381. The number of amides is 1. The summed E-state index contributed by atoms with van der Waals surface area (Å²) in [5.74, 6) is 1.43. The van der Waals surface area contributed by atoms with Gasteiger partial charge in [-0.25, -0.2) is 4.98 Å². The molecule has 0 saturated carbocycles. The molecule has 0 saturated heterocycles. The number of thioether (sulfide) groups is 1. The Hall–Kier alpha value is -2.52. The van der Waals surface area contributed by atoms with E-state index in [1.54, 1.807) is 21.3 Å². The van der Waals surface area contributed by atoms with Crippen LogP contribution in [0.25, 0.3) is 10.2 Å². The van der Waals surface area contributed by atoms with Gasteiger partial charge < -0.3 is 14.8 Å². The molecule has 160 valence electrons. The Kier molecular flexibility index (Phi) is 7.04. The molecule has 0 unspecified atom stereocenters. The Bertz CT molecular complexity index is 1140. The molecule has 2 aromatic heterocycles. The van der Waals surface area contributed by atoms with E-state index in [-0.39, 0.29) is 17.2 Å². The first kappa shape index (κ1) is 22.2. The van der Waals surface area contributed by atoms with Crippen LogP contribution >= 0.6 is 23.1 Å². The minimum absolute atomic E-state index is 0.0711. The van der Waals surface area contributed by atoms with Crippen molar-refractivity contribution in [2.75, 3.05) is 26.5 Å². The minimum Gasteiger partial charge on any atom is -0.493 e. The number of carbonyl (C=O) groups is 1. The topological polar surface area (TPSA) is 82.5 Å². The quantitative estimate of drug-likeness (QED) is 0.422. The number of aromatic nitrogens is 2. The number of thiophene rings is 1. The van der Waals surface area contributed by atoms with Crippen molar-refractivity contribution < 1.29 is 14.3 Å². The van der Waals surface area contributed by atoms with Gasteiger partial charge in [0.1, 0.15) is 4.83 Å². The Morgan fingerprint density at radius 3 is 2.67 bits per heavy atom. The number of fused-ring (bicyclic) bond motifs is 1. The molecule has 0 atom stereocenters. The number of carbonyl (C=O) groups excluding carboxylic acids is 1. The molecular weight excluding hydrogens is 422 g/mol. The van der Waals surface area contributed by atoms with Crippen LogP contribution in [0, 0.1) is 13.8 Å². The van der Waals surface area contributed by atoms with Gasteiger partial charge in [-0.15, -0.1) is 11.3 Å². The van der Waals surface area contributed by atoms with E-state index in [0.717, 1.165) is 20.8 Å². The lowest BCUT2D eigenvalue weighted by Gasteiger charge is -2.10. The summed E-state index contributed by atoms with van der Waals surface area (Å²) in [4.78, 5) is 31.3. The molecule has 2 heterocycles. The maximum absolute atomic E-state index is 12.7. The highest BCUT2D eigenvalue weighted by atomic mass is 32.2. The third-order valence-corrected chi connectivity index (χ3v) is 7.02. The van der Waals surface area contributed by atoms with Gasteiger partial charge in [0, 0.05) is 18.5 Å². The summed E-state index contributed by atoms with van der Waals surface area (Å²) >= 11 is 2.78. The first-order valence-electron chi connectivity index (χ1n) is 9.42. The highest BCUT2D eigenvalue weighted by Crippen LogP contribution is 2.28. The van der Waals surface area contributed by atoms with Gasteiger partial charge in [0.2, 0.25) is 5.91 Å². The fourth-order valence-electron chi connectivity index (χ4n) is 3.05. The second kappa shape index (κ2) is 9.53. The molecule has 3 aromatic rings. The van der Waals surface area contributed by atoms with Crippen LogP contribution in [-0.2, 0) is 18.3 Å². The van der Waals surface area contributed by atoms with E-state index in [1.807, 2.05) is 32.0 Å². The SMILES string of the molecule is COc1ccc(CCNC(=O)CSc2nc3sc(C)c(C)c3c(=O)n2C)cc1OC. The molecular formula is C21H25N3O4S2. The van der Waals surface area contributed by atoms with Gasteiger partial charge in [-0.2, -0.15) is 0 Å². The highest BCUT2D eigenvalue weighted by Gasteiger charge is 2.15. The molecule has 30 heavy (non-hydrogen) atoms. The monoisotopic (exact) mass is 447 g/mol. The first-order chi connectivity index (χ1) is 14.3. The fourth-order valence-corrected chi connectivity index (χ4v) is 4.92. The number of methoxy groups -OCH3 is 2. The van der Waals surface area contributed by atoms with E-state index >= 15 is 0 Å². The molecule has 1 aromatic carbocycles. The number of hydrogen-bond acceptors (Lipinski definition) is 7. The lowest BCUT2D eigenvalue weighted by molar-refractivity contribution is -0.118. The van der Waals surface area contributed by atoms with Crippen molar-refractivity contribution in [1.29, 1.82) is 0 Å². The van der Waals surface area contributed by atoms with Gasteiger partial charge in [-0.1, -0.05) is 17.8 Å². The number of nitrogens with one attached hydrogen (secondary N) is 1. The van der Waals surface area contributed by atoms with E-state index in [1.165, 1.54) is 27.7 Å². The van der Waals surface area contributed by atoms with Gasteiger partial charge in [0.05, 0.1) is 25.4 Å². The van der Waals surface area contributed by atoms with Gasteiger partial charge in [-0.05, 0) is 43.5 Å². The number of benzene rings is 1. The van der Waals surface area contributed by atoms with Gasteiger partial charge >= 0.3 is 0 Å². The average Bonchev–Trinajstić information content (AvgIpc) is 3.03. The maximum Gasteiger partial charge on any atom is 0.262 e. The summed E-state index contributed by atoms with van der Waals surface area (Å²) in [6.07, 6.45) is 0.674. The molecule has 7 nitrogen and oxygen atoms in total. The van der Waals surface area contributed by atoms with Crippen molar-refractivity contribution in [2.24, 2.45) is 7.05 Å². The summed E-state index contributed by atoms with van der Waals surface area (Å²) in [5.41, 5.74) is 1.95. The van der Waals surface area contributed by atoms with Gasteiger partial charge in [-0.3, -0.25) is 14.2 Å². The van der Waals surface area contributed by atoms with Crippen molar-refractivity contribution in [3.8, 4) is 11.5 Å². The molecule has 1 amide bonds. The van der Waals surface area contributed by atoms with Crippen LogP contribution in [0.1, 0.15) is 16.0 Å². The number of ether oxygens (including phenoxy) is 2. The Labute approximate surface area is 183 Å². The lowest BCUT2D eigenvalue weighted by Crippen LogP contribution is -2.28. The van der Waals surface area contributed by atoms with Crippen LogP contribution < -0.4 is 20.3 Å². The van der Waals surface area contributed by atoms with Crippen molar-refractivity contribution in [2.45, 2.75) is 25.4 Å². The van der Waals surface area contributed by atoms with Crippen LogP contribution in [0.15, 0.2) is 28.2 Å². The molecule has 0 aliphatic carbocycles. The first-order valence-corrected chi connectivity index (χ1v) is 11.2. The van der Waals surface area contributed by atoms with E-state index in [4.69, 9.17) is 9.47 Å². The second-order valence-electron chi connectivity index (χ2n) is 6.80. The van der Waals surface area contributed by atoms with Crippen LogP contribution in [0.4, 0.5) is 0 Å². The maximum atomic E-state index is 12.7. The minimum atomic E-state index is -0.103. The molecule has 0 aliphatic rings. The second-order valence-corrected chi connectivity index (χ2v) is 8.95. The number of rotatable bonds is 8. The van der Waals surface area contributed by atoms with Crippen LogP contribution in [-0.4, -0.2) is 42.0 Å². The largest absolute Gasteiger partial charge is 0.493 e. The molecule has 0 radical (unpaired) electrons. The van der Waals surface area contributed by atoms with E-state index in [9.17, 15) is 9.59 Å². The summed E-state index contributed by atoms with van der Waals surface area (Å²) in [6.45, 7) is 4.43. The zero-order valence-corrected chi connectivity index (χ0v) is 19.3. The van der Waals surface area contributed by atoms with Crippen LogP contribution in [0.5, 0.6) is 11.5 Å². The molecule has 0 fully saturated rings. The van der Waals surface area contributed by atoms with Crippen molar-refractivity contribution in [3.05, 3.63) is 44.6 Å². The van der Waals surface area contributed by atoms with Crippen LogP contribution in [0.3, 0.4) is 0 Å². The summed E-state index contributed by atoms with van der Waals surface area (Å²) < 4.78 is 12.1. The third-order valence-electron chi connectivity index (χ3n) is 4.89. The van der Waals surface area contributed by atoms with Crippen molar-refractivity contribution in [1.82, 2.24) is 14.9 Å². The Morgan fingerprint density at radius 2 is 1.97 bits per heavy atom. The smallest absolute Gasteiger partial charge is 0.262 e. The van der Waals surface area contributed by atoms with Gasteiger partial charge in [0.15, 0.2) is 16.7 Å². The molecule has 1 N–H and O–H groups in total. The number of aryl methyl sites for hydroxylation is 2. The molecule has 9 heteroatoms.